The highest BCUT2D eigenvalue weighted by Crippen LogP contribution is 2.55. The molecule has 0 radical (unpaired) electrons. The van der Waals surface area contributed by atoms with Crippen LogP contribution in [0.15, 0.2) is 42.7 Å². The molecule has 1 N–H and O–H groups in total. The van der Waals surface area contributed by atoms with Crippen molar-refractivity contribution in [1.82, 2.24) is 10.3 Å². The number of nitrogens with zero attached hydrogens (tertiary/aromatic N) is 1. The molecule has 2 fully saturated rings. The molecule has 2 aliphatic rings. The zero-order chi connectivity index (χ0) is 18.8. The van der Waals surface area contributed by atoms with Crippen LogP contribution >= 0.6 is 0 Å². The number of nitrogens with one attached hydrogen (secondary N) is 1. The van der Waals surface area contributed by atoms with Gasteiger partial charge in [-0.25, -0.2) is 0 Å². The van der Waals surface area contributed by atoms with Gasteiger partial charge >= 0.3 is 0 Å². The highest BCUT2D eigenvalue weighted by Gasteiger charge is 2.52. The summed E-state index contributed by atoms with van der Waals surface area (Å²) < 4.78 is 10.9. The van der Waals surface area contributed by atoms with Crippen molar-refractivity contribution in [2.24, 2.45) is 11.8 Å². The molecule has 5 nitrogen and oxygen atoms in total. The number of carbonyl (C=O) groups is 1. The maximum Gasteiger partial charge on any atom is 0.251 e. The van der Waals surface area contributed by atoms with Crippen LogP contribution < -0.4 is 14.8 Å². The minimum absolute atomic E-state index is 0.0168. The predicted molar refractivity (Wildman–Crippen MR) is 103 cm³/mol. The lowest BCUT2D eigenvalue weighted by molar-refractivity contribution is 0.0251. The first-order valence-corrected chi connectivity index (χ1v) is 9.65. The number of ether oxygens (including phenoxy) is 2. The Morgan fingerprint density at radius 3 is 2.41 bits per heavy atom. The second-order valence-corrected chi connectivity index (χ2v) is 7.49. The standard InChI is InChI=1S/C22H26N2O3/c1-26-18-8-7-15(13-19(18)27-2)20-16-5-3-4-6-17(16)21(20)24-22(25)14-9-11-23-12-10-14/h7-13,16-17,20-21H,3-6H2,1-2H3,(H,24,25)/t16-,17-,20-,21-/m0/s1. The number of amides is 1. The van der Waals surface area contributed by atoms with Gasteiger partial charge in [-0.05, 0) is 54.5 Å². The van der Waals surface area contributed by atoms with Crippen molar-refractivity contribution in [3.63, 3.8) is 0 Å². The van der Waals surface area contributed by atoms with Crippen molar-refractivity contribution in [3.8, 4) is 11.5 Å². The molecule has 142 valence electrons. The lowest BCUT2D eigenvalue weighted by atomic mass is 9.53. The molecule has 2 aliphatic carbocycles. The normalized spacial score (nSPS) is 26.4. The van der Waals surface area contributed by atoms with E-state index in [9.17, 15) is 4.79 Å². The molecule has 1 aromatic heterocycles. The van der Waals surface area contributed by atoms with E-state index in [1.165, 1.54) is 31.2 Å². The molecule has 1 heterocycles. The summed E-state index contributed by atoms with van der Waals surface area (Å²) in [6.07, 6.45) is 8.26. The molecule has 1 aromatic carbocycles. The average Bonchev–Trinajstić information content (AvgIpc) is 2.72. The maximum atomic E-state index is 12.7. The summed E-state index contributed by atoms with van der Waals surface area (Å²) in [6.45, 7) is 0. The van der Waals surface area contributed by atoms with E-state index in [2.05, 4.69) is 22.4 Å². The summed E-state index contributed by atoms with van der Waals surface area (Å²) in [6, 6.07) is 9.83. The molecule has 1 amide bonds. The van der Waals surface area contributed by atoms with Crippen LogP contribution in [-0.4, -0.2) is 31.2 Å². The summed E-state index contributed by atoms with van der Waals surface area (Å²) in [5.41, 5.74) is 1.88. The van der Waals surface area contributed by atoms with Crippen LogP contribution in [-0.2, 0) is 0 Å². The van der Waals surface area contributed by atoms with Gasteiger partial charge in [0.05, 0.1) is 14.2 Å². The van der Waals surface area contributed by atoms with Gasteiger partial charge in [0.2, 0.25) is 0 Å². The molecule has 0 bridgehead atoms. The van der Waals surface area contributed by atoms with E-state index >= 15 is 0 Å². The fourth-order valence-electron chi connectivity index (χ4n) is 4.92. The number of aromatic nitrogens is 1. The van der Waals surface area contributed by atoms with Crippen LogP contribution in [0.3, 0.4) is 0 Å². The molecule has 0 saturated heterocycles. The zero-order valence-electron chi connectivity index (χ0n) is 15.9. The second-order valence-electron chi connectivity index (χ2n) is 7.49. The number of pyridine rings is 1. The Labute approximate surface area is 160 Å². The summed E-state index contributed by atoms with van der Waals surface area (Å²) >= 11 is 0. The number of hydrogen-bond donors (Lipinski definition) is 1. The van der Waals surface area contributed by atoms with Crippen LogP contribution in [0.2, 0.25) is 0 Å². The van der Waals surface area contributed by atoms with E-state index in [4.69, 9.17) is 9.47 Å². The summed E-state index contributed by atoms with van der Waals surface area (Å²) in [7, 11) is 3.31. The van der Waals surface area contributed by atoms with Crippen LogP contribution in [0.1, 0.15) is 47.5 Å². The number of hydrogen-bond acceptors (Lipinski definition) is 4. The van der Waals surface area contributed by atoms with Gasteiger partial charge < -0.3 is 14.8 Å². The molecular weight excluding hydrogens is 340 g/mol. The number of fused-ring (bicyclic) bond motifs is 1. The van der Waals surface area contributed by atoms with E-state index in [0.717, 1.165) is 11.5 Å². The number of benzene rings is 1. The van der Waals surface area contributed by atoms with Gasteiger partial charge in [0.1, 0.15) is 0 Å². The van der Waals surface area contributed by atoms with Crippen LogP contribution in [0.5, 0.6) is 11.5 Å². The van der Waals surface area contributed by atoms with Gasteiger partial charge in [-0.1, -0.05) is 18.9 Å². The van der Waals surface area contributed by atoms with Gasteiger partial charge in [-0.2, -0.15) is 0 Å². The minimum atomic E-state index is -0.0168. The molecule has 0 aliphatic heterocycles. The number of carbonyl (C=O) groups excluding carboxylic acids is 1. The van der Waals surface area contributed by atoms with Crippen molar-refractivity contribution in [2.45, 2.75) is 37.6 Å². The molecule has 0 spiro atoms. The van der Waals surface area contributed by atoms with E-state index in [-0.39, 0.29) is 11.9 Å². The first kappa shape index (κ1) is 17.8. The highest BCUT2D eigenvalue weighted by atomic mass is 16.5. The minimum Gasteiger partial charge on any atom is -0.493 e. The summed E-state index contributed by atoms with van der Waals surface area (Å²) in [5, 5.41) is 3.31. The maximum absolute atomic E-state index is 12.7. The molecule has 2 saturated carbocycles. The third-order valence-electron chi connectivity index (χ3n) is 6.22. The first-order chi connectivity index (χ1) is 13.2. The van der Waals surface area contributed by atoms with Crippen LogP contribution in [0, 0.1) is 11.8 Å². The lowest BCUT2D eigenvalue weighted by Crippen LogP contribution is -2.59. The van der Waals surface area contributed by atoms with Gasteiger partial charge in [0, 0.05) is 29.9 Å². The molecule has 5 heteroatoms. The Morgan fingerprint density at radius 2 is 1.70 bits per heavy atom. The number of rotatable bonds is 5. The third-order valence-corrected chi connectivity index (χ3v) is 6.22. The topological polar surface area (TPSA) is 60.5 Å². The molecule has 2 aromatic rings. The average molecular weight is 366 g/mol. The predicted octanol–water partition coefficient (Wildman–Crippen LogP) is 3.80. The largest absolute Gasteiger partial charge is 0.493 e. The Bertz CT molecular complexity index is 808. The smallest absolute Gasteiger partial charge is 0.251 e. The van der Waals surface area contributed by atoms with Crippen LogP contribution in [0.25, 0.3) is 0 Å². The van der Waals surface area contributed by atoms with Crippen molar-refractivity contribution in [3.05, 3.63) is 53.9 Å². The Kier molecular flexibility index (Phi) is 5.01. The monoisotopic (exact) mass is 366 g/mol. The Morgan fingerprint density at radius 1 is 1.00 bits per heavy atom. The lowest BCUT2D eigenvalue weighted by Gasteiger charge is -2.55. The SMILES string of the molecule is COc1ccc([C@H]2[C@H]3CCCC[C@@H]3[C@@H]2NC(=O)c2ccncc2)cc1OC. The van der Waals surface area contributed by atoms with Gasteiger partial charge in [-0.15, -0.1) is 0 Å². The van der Waals surface area contributed by atoms with E-state index in [1.54, 1.807) is 38.7 Å². The Balaban J connectivity index is 1.60. The summed E-state index contributed by atoms with van der Waals surface area (Å²) in [5.74, 6) is 2.96. The molecule has 4 atom stereocenters. The van der Waals surface area contributed by atoms with E-state index in [0.29, 0.717) is 23.3 Å². The Hall–Kier alpha value is -2.56. The fraction of sp³-hybridized carbons (Fsp3) is 0.455. The molecule has 27 heavy (non-hydrogen) atoms. The molecule has 0 unspecified atom stereocenters. The second kappa shape index (κ2) is 7.59. The van der Waals surface area contributed by atoms with Gasteiger partial charge in [0.25, 0.3) is 5.91 Å². The van der Waals surface area contributed by atoms with E-state index in [1.807, 2.05) is 6.07 Å². The van der Waals surface area contributed by atoms with Crippen molar-refractivity contribution in [2.75, 3.05) is 14.2 Å². The van der Waals surface area contributed by atoms with Crippen molar-refractivity contribution in [1.29, 1.82) is 0 Å². The number of methoxy groups -OCH3 is 2. The van der Waals surface area contributed by atoms with E-state index < -0.39 is 0 Å². The van der Waals surface area contributed by atoms with Crippen molar-refractivity contribution >= 4 is 5.91 Å². The van der Waals surface area contributed by atoms with Crippen molar-refractivity contribution < 1.29 is 14.3 Å². The fourth-order valence-corrected chi connectivity index (χ4v) is 4.92. The molecular formula is C22H26N2O3. The zero-order valence-corrected chi connectivity index (χ0v) is 15.9. The third kappa shape index (κ3) is 3.27. The molecule has 4 rings (SSSR count). The quantitative estimate of drug-likeness (QED) is 0.874. The van der Waals surface area contributed by atoms with Crippen LogP contribution in [0.4, 0.5) is 0 Å². The first-order valence-electron chi connectivity index (χ1n) is 9.65. The van der Waals surface area contributed by atoms with Gasteiger partial charge in [-0.3, -0.25) is 9.78 Å². The highest BCUT2D eigenvalue weighted by molar-refractivity contribution is 5.94. The summed E-state index contributed by atoms with van der Waals surface area (Å²) in [4.78, 5) is 16.7. The van der Waals surface area contributed by atoms with Gasteiger partial charge in [0.15, 0.2) is 11.5 Å².